The quantitative estimate of drug-likeness (QED) is 0.211. The number of hydrogen-bond acceptors (Lipinski definition) is 4. The summed E-state index contributed by atoms with van der Waals surface area (Å²) >= 11 is 0. The summed E-state index contributed by atoms with van der Waals surface area (Å²) in [6.45, 7) is 0. The van der Waals surface area contributed by atoms with Gasteiger partial charge in [0.2, 0.25) is 0 Å². The van der Waals surface area contributed by atoms with E-state index < -0.39 is 0 Å². The van der Waals surface area contributed by atoms with E-state index in [9.17, 15) is 0 Å². The molecule has 9 heteroatoms. The molecular formula is C44H36FeN8+5. The molecule has 53 heavy (non-hydrogen) atoms. The molecule has 0 aromatic carbocycles. The predicted molar refractivity (Wildman–Crippen MR) is 204 cm³/mol. The average molecular weight is 733 g/mol. The number of pyridine rings is 3. The van der Waals surface area contributed by atoms with Gasteiger partial charge in [-0.3, -0.25) is 0 Å². The Labute approximate surface area is 319 Å². The number of aromatic nitrogens is 4. The Hall–Kier alpha value is -6.28. The van der Waals surface area contributed by atoms with Gasteiger partial charge in [-0.2, -0.15) is 0 Å². The molecule has 255 valence electrons. The predicted octanol–water partition coefficient (Wildman–Crippen LogP) is 5.36. The van der Waals surface area contributed by atoms with Gasteiger partial charge in [-0.25, -0.2) is 28.7 Å². The zero-order valence-electron chi connectivity index (χ0n) is 29.8. The number of aryl methyl sites for hydroxylation is 3. The zero-order valence-corrected chi connectivity index (χ0v) is 30.9. The van der Waals surface area contributed by atoms with Crippen LogP contribution in [-0.2, 0) is 38.2 Å². The Morgan fingerprint density at radius 2 is 0.811 bits per heavy atom. The molecule has 9 rings (SSSR count). The van der Waals surface area contributed by atoms with Crippen LogP contribution in [0.2, 0.25) is 0 Å². The van der Waals surface area contributed by atoms with Crippen LogP contribution in [0.5, 0.6) is 0 Å². The molecule has 0 unspecified atom stereocenters. The summed E-state index contributed by atoms with van der Waals surface area (Å²) < 4.78 is 6.11. The molecule has 9 heterocycles. The first-order chi connectivity index (χ1) is 25.4. The molecule has 0 amide bonds. The average Bonchev–Trinajstić information content (AvgIpc) is 3.99. The minimum atomic E-state index is 0. The Bertz CT molecular complexity index is 2540. The standard InChI is InChI=1S/C44H36N8.Fe/c1-49-21-13-29(14-22-49)41-33-5-7-35(45-33)42(30-15-23-50(2)24-16-30)37-9-11-39(47-37)44(32-19-27-52(4)28-20-32)40-12-10-38(48-40)43(36-8-6-34(41)46-36)31-17-25-51(3)26-18-31;/h5-28H,1-4H3;/q+2;+3. The summed E-state index contributed by atoms with van der Waals surface area (Å²) in [5, 5.41) is 0. The molecule has 0 saturated carbocycles. The fourth-order valence-electron chi connectivity index (χ4n) is 6.94. The van der Waals surface area contributed by atoms with Crippen molar-refractivity contribution < 1.29 is 30.8 Å². The zero-order chi connectivity index (χ0) is 35.3. The normalized spacial score (nSPS) is 17.3. The van der Waals surface area contributed by atoms with Crippen LogP contribution in [0.4, 0.5) is 0 Å². The van der Waals surface area contributed by atoms with Crippen LogP contribution in [0, 0.1) is 0 Å². The van der Waals surface area contributed by atoms with Gasteiger partial charge in [-0.1, -0.05) is 12.1 Å². The second kappa shape index (κ2) is 13.7. The van der Waals surface area contributed by atoms with Crippen molar-refractivity contribution in [2.75, 3.05) is 7.05 Å². The molecule has 0 saturated heterocycles. The third-order valence-corrected chi connectivity index (χ3v) is 9.68. The van der Waals surface area contributed by atoms with Crippen LogP contribution in [0.25, 0.3) is 16.7 Å². The van der Waals surface area contributed by atoms with E-state index in [0.29, 0.717) is 0 Å². The first-order valence-corrected chi connectivity index (χ1v) is 17.3. The second-order valence-corrected chi connectivity index (χ2v) is 13.4. The van der Waals surface area contributed by atoms with E-state index in [2.05, 4.69) is 147 Å². The molecule has 0 spiro atoms. The molecule has 5 aliphatic heterocycles. The smallest absolute Gasteiger partial charge is 0.657 e. The van der Waals surface area contributed by atoms with Crippen molar-refractivity contribution in [1.29, 1.82) is 0 Å². The van der Waals surface area contributed by atoms with Crippen molar-refractivity contribution in [3.05, 3.63) is 203 Å². The largest absolute Gasteiger partial charge is 3.00 e. The summed E-state index contributed by atoms with van der Waals surface area (Å²) in [5.41, 5.74) is 14.7. The van der Waals surface area contributed by atoms with E-state index in [-0.39, 0.29) is 17.1 Å². The molecule has 0 N–H and O–H groups in total. The third-order valence-electron chi connectivity index (χ3n) is 9.68. The summed E-state index contributed by atoms with van der Waals surface area (Å²) in [7, 11) is 8.10. The van der Waals surface area contributed by atoms with E-state index in [1.54, 1.807) is 0 Å². The van der Waals surface area contributed by atoms with Gasteiger partial charge in [-0.15, -0.1) is 11.4 Å². The Morgan fingerprint density at radius 1 is 0.453 bits per heavy atom. The van der Waals surface area contributed by atoms with E-state index in [0.717, 1.165) is 90.2 Å². The van der Waals surface area contributed by atoms with Crippen molar-refractivity contribution >= 4 is 33.9 Å². The van der Waals surface area contributed by atoms with E-state index in [4.69, 9.17) is 20.0 Å². The van der Waals surface area contributed by atoms with Gasteiger partial charge in [0.25, 0.3) is 0 Å². The summed E-state index contributed by atoms with van der Waals surface area (Å²) in [6, 6.07) is 16.9. The SMILES string of the molecule is CN1C=CC(=C2C3=NC(=C(c4cc[n+](C)cc4)C4=NC(=C(c5cc[n+](C)cc5)c5ccc([n-]5)C(c5cc[n+](C)cc5)=C5C=CC2=N5)C=C4)C=C3)C=C1.[Fe+3]. The van der Waals surface area contributed by atoms with Crippen LogP contribution >= 0.6 is 0 Å². The minimum Gasteiger partial charge on any atom is -0.657 e. The van der Waals surface area contributed by atoms with Crippen LogP contribution in [0.1, 0.15) is 28.1 Å². The molecule has 4 aromatic heterocycles. The molecule has 0 atom stereocenters. The maximum atomic E-state index is 5.35. The van der Waals surface area contributed by atoms with Gasteiger partial charge in [0.1, 0.15) is 21.1 Å². The van der Waals surface area contributed by atoms with E-state index >= 15 is 0 Å². The minimum absolute atomic E-state index is 0. The first kappa shape index (κ1) is 33.8. The Morgan fingerprint density at radius 3 is 1.23 bits per heavy atom. The molecule has 1 radical (unpaired) electrons. The van der Waals surface area contributed by atoms with Crippen LogP contribution < -0.4 is 18.7 Å². The van der Waals surface area contributed by atoms with E-state index in [1.165, 1.54) is 0 Å². The van der Waals surface area contributed by atoms with Crippen molar-refractivity contribution in [3.8, 4) is 0 Å². The number of fused-ring (bicyclic) bond motifs is 5. The molecule has 8 nitrogen and oxygen atoms in total. The molecule has 4 aromatic rings. The Kier molecular flexibility index (Phi) is 8.74. The van der Waals surface area contributed by atoms with Gasteiger partial charge >= 0.3 is 17.1 Å². The fraction of sp³-hybridized carbons (Fsp3) is 0.0909. The van der Waals surface area contributed by atoms with Gasteiger partial charge in [0, 0.05) is 67.0 Å². The summed E-state index contributed by atoms with van der Waals surface area (Å²) in [6.07, 6.45) is 33.3. The van der Waals surface area contributed by atoms with Crippen molar-refractivity contribution in [1.82, 2.24) is 9.88 Å². The van der Waals surface area contributed by atoms with Crippen molar-refractivity contribution in [3.63, 3.8) is 0 Å². The van der Waals surface area contributed by atoms with Gasteiger partial charge < -0.3 is 9.88 Å². The fourth-order valence-corrected chi connectivity index (χ4v) is 6.94. The van der Waals surface area contributed by atoms with Gasteiger partial charge in [0.05, 0.1) is 34.2 Å². The molecular weight excluding hydrogens is 696 g/mol. The topological polar surface area (TPSA) is 66.1 Å². The van der Waals surface area contributed by atoms with Crippen molar-refractivity contribution in [2.45, 2.75) is 0 Å². The second-order valence-electron chi connectivity index (χ2n) is 13.4. The maximum Gasteiger partial charge on any atom is 3.00 e. The van der Waals surface area contributed by atoms with Crippen LogP contribution in [0.15, 0.2) is 190 Å². The number of aliphatic imine (C=N–C) groups is 3. The molecule has 8 bridgehead atoms. The maximum absolute atomic E-state index is 5.35. The van der Waals surface area contributed by atoms with Gasteiger partial charge in [0.15, 0.2) is 37.2 Å². The van der Waals surface area contributed by atoms with Crippen LogP contribution in [0.3, 0.4) is 0 Å². The number of hydrogen-bond donors (Lipinski definition) is 0. The summed E-state index contributed by atoms with van der Waals surface area (Å²) in [4.78, 5) is 23.4. The summed E-state index contributed by atoms with van der Waals surface area (Å²) in [5.74, 6) is 0. The molecule has 5 aliphatic rings. The van der Waals surface area contributed by atoms with Gasteiger partial charge in [-0.05, 0) is 82.0 Å². The third kappa shape index (κ3) is 6.31. The number of nitrogens with zero attached hydrogens (tertiary/aromatic N) is 8. The Balaban J connectivity index is 0.00000400. The molecule has 0 aliphatic carbocycles. The van der Waals surface area contributed by atoms with E-state index in [1.807, 2.05) is 46.8 Å². The molecule has 0 fully saturated rings. The number of allylic oxidation sites excluding steroid dienone is 11. The first-order valence-electron chi connectivity index (χ1n) is 17.3. The number of rotatable bonds is 3. The van der Waals surface area contributed by atoms with Crippen LogP contribution in [-0.4, -0.2) is 29.1 Å². The monoisotopic (exact) mass is 732 g/mol. The van der Waals surface area contributed by atoms with Crippen molar-refractivity contribution in [2.24, 2.45) is 36.1 Å².